The molecular weight excluding hydrogens is 353 g/mol. The molecule has 0 radical (unpaired) electrons. The first-order chi connectivity index (χ1) is 13.5. The predicted molar refractivity (Wildman–Crippen MR) is 110 cm³/mol. The molecule has 0 saturated carbocycles. The zero-order valence-corrected chi connectivity index (χ0v) is 16.5. The fourth-order valence-electron chi connectivity index (χ4n) is 3.16. The molecule has 0 aliphatic heterocycles. The van der Waals surface area contributed by atoms with Crippen LogP contribution in [-0.4, -0.2) is 16.1 Å². The standard InChI is InChI=1S/C23H26FN3O/c1-4-15(3)16-6-8-17(9-7-16)20(5-2)25-23(28)22-14-21(26-27-22)18-10-12-19(24)13-11-18/h6-15,20H,4-5H2,1-3H3,(H,25,28)(H,26,27). The van der Waals surface area contributed by atoms with E-state index in [9.17, 15) is 9.18 Å². The molecule has 1 heterocycles. The lowest BCUT2D eigenvalue weighted by Crippen LogP contribution is -2.28. The van der Waals surface area contributed by atoms with Crippen molar-refractivity contribution in [3.05, 3.63) is 77.2 Å². The van der Waals surface area contributed by atoms with Gasteiger partial charge in [-0.3, -0.25) is 9.89 Å². The third-order valence-corrected chi connectivity index (χ3v) is 5.20. The number of amides is 1. The Morgan fingerprint density at radius 2 is 1.68 bits per heavy atom. The fraction of sp³-hybridized carbons (Fsp3) is 0.304. The van der Waals surface area contributed by atoms with Crippen LogP contribution in [0.3, 0.4) is 0 Å². The van der Waals surface area contributed by atoms with Gasteiger partial charge >= 0.3 is 0 Å². The van der Waals surface area contributed by atoms with Crippen molar-refractivity contribution in [2.45, 2.75) is 45.6 Å². The number of H-pyrrole nitrogens is 1. The Hall–Kier alpha value is -2.95. The lowest BCUT2D eigenvalue weighted by atomic mass is 9.95. The van der Waals surface area contributed by atoms with Gasteiger partial charge in [0, 0.05) is 5.56 Å². The number of carbonyl (C=O) groups excluding carboxylic acids is 1. The maximum Gasteiger partial charge on any atom is 0.269 e. The summed E-state index contributed by atoms with van der Waals surface area (Å²) in [4.78, 5) is 12.7. The number of carbonyl (C=O) groups is 1. The molecule has 0 fully saturated rings. The third kappa shape index (κ3) is 4.47. The van der Waals surface area contributed by atoms with Crippen LogP contribution in [0, 0.1) is 5.82 Å². The maximum absolute atomic E-state index is 13.1. The Morgan fingerprint density at radius 1 is 1.04 bits per heavy atom. The van der Waals surface area contributed by atoms with E-state index in [1.54, 1.807) is 18.2 Å². The van der Waals surface area contributed by atoms with Crippen LogP contribution in [0.15, 0.2) is 54.6 Å². The first kappa shape index (κ1) is 19.8. The van der Waals surface area contributed by atoms with E-state index in [1.807, 2.05) is 6.92 Å². The minimum absolute atomic E-state index is 0.0731. The molecule has 0 aliphatic carbocycles. The molecule has 3 rings (SSSR count). The van der Waals surface area contributed by atoms with Crippen LogP contribution in [0.1, 0.15) is 67.2 Å². The normalized spacial score (nSPS) is 13.1. The Morgan fingerprint density at radius 3 is 2.29 bits per heavy atom. The van der Waals surface area contributed by atoms with Gasteiger partial charge in [0.25, 0.3) is 5.91 Å². The van der Waals surface area contributed by atoms with Gasteiger partial charge in [-0.15, -0.1) is 0 Å². The van der Waals surface area contributed by atoms with Crippen molar-refractivity contribution in [1.82, 2.24) is 15.5 Å². The van der Waals surface area contributed by atoms with Gasteiger partial charge in [-0.1, -0.05) is 45.0 Å². The summed E-state index contributed by atoms with van der Waals surface area (Å²) in [6.45, 7) is 6.44. The van der Waals surface area contributed by atoms with Gasteiger partial charge in [0.15, 0.2) is 0 Å². The van der Waals surface area contributed by atoms with Crippen molar-refractivity contribution < 1.29 is 9.18 Å². The SMILES string of the molecule is CCC(C)c1ccc(C(CC)NC(=O)c2cc(-c3ccc(F)cc3)n[nH]2)cc1. The van der Waals surface area contributed by atoms with Crippen LogP contribution in [0.4, 0.5) is 4.39 Å². The van der Waals surface area contributed by atoms with E-state index in [0.29, 0.717) is 17.3 Å². The summed E-state index contributed by atoms with van der Waals surface area (Å²) in [6, 6.07) is 16.1. The molecule has 5 heteroatoms. The number of halogens is 1. The van der Waals surface area contributed by atoms with E-state index in [0.717, 1.165) is 24.0 Å². The van der Waals surface area contributed by atoms with Crippen LogP contribution >= 0.6 is 0 Å². The van der Waals surface area contributed by atoms with Gasteiger partial charge in [-0.25, -0.2) is 4.39 Å². The van der Waals surface area contributed by atoms with Crippen LogP contribution in [0.2, 0.25) is 0 Å². The maximum atomic E-state index is 13.1. The van der Waals surface area contributed by atoms with Gasteiger partial charge in [0.05, 0.1) is 11.7 Å². The van der Waals surface area contributed by atoms with Crippen LogP contribution in [-0.2, 0) is 0 Å². The smallest absolute Gasteiger partial charge is 0.269 e. The molecule has 3 aromatic rings. The summed E-state index contributed by atoms with van der Waals surface area (Å²) in [5.41, 5.74) is 4.14. The van der Waals surface area contributed by atoms with Crippen molar-refractivity contribution >= 4 is 5.91 Å². The molecule has 0 spiro atoms. The minimum atomic E-state index is -0.303. The zero-order valence-electron chi connectivity index (χ0n) is 16.5. The van der Waals surface area contributed by atoms with Crippen molar-refractivity contribution in [2.75, 3.05) is 0 Å². The van der Waals surface area contributed by atoms with Gasteiger partial charge in [0.1, 0.15) is 11.5 Å². The molecule has 0 saturated heterocycles. The molecule has 4 nitrogen and oxygen atoms in total. The summed E-state index contributed by atoms with van der Waals surface area (Å²) in [5.74, 6) is 0.0136. The lowest BCUT2D eigenvalue weighted by molar-refractivity contribution is 0.0930. The molecule has 2 unspecified atom stereocenters. The number of hydrogen-bond acceptors (Lipinski definition) is 2. The predicted octanol–water partition coefficient (Wildman–Crippen LogP) is 5.61. The summed E-state index contributed by atoms with van der Waals surface area (Å²) in [6.07, 6.45) is 1.89. The van der Waals surface area contributed by atoms with Crippen molar-refractivity contribution in [1.29, 1.82) is 0 Å². The summed E-state index contributed by atoms with van der Waals surface area (Å²) >= 11 is 0. The molecule has 1 aromatic heterocycles. The van der Waals surface area contributed by atoms with Gasteiger partial charge in [0.2, 0.25) is 0 Å². The van der Waals surface area contributed by atoms with Crippen LogP contribution < -0.4 is 5.32 Å². The van der Waals surface area contributed by atoms with Crippen LogP contribution in [0.5, 0.6) is 0 Å². The largest absolute Gasteiger partial charge is 0.344 e. The Labute approximate surface area is 165 Å². The number of aromatic amines is 1. The van der Waals surface area contributed by atoms with Crippen LogP contribution in [0.25, 0.3) is 11.3 Å². The second kappa shape index (κ2) is 8.83. The fourth-order valence-corrected chi connectivity index (χ4v) is 3.16. The van der Waals surface area contributed by atoms with E-state index in [4.69, 9.17) is 0 Å². The van der Waals surface area contributed by atoms with Crippen molar-refractivity contribution in [3.8, 4) is 11.3 Å². The lowest BCUT2D eigenvalue weighted by Gasteiger charge is -2.18. The molecule has 0 bridgehead atoms. The van der Waals surface area contributed by atoms with E-state index in [1.165, 1.54) is 17.7 Å². The van der Waals surface area contributed by atoms with E-state index in [2.05, 4.69) is 53.6 Å². The highest BCUT2D eigenvalue weighted by molar-refractivity contribution is 5.93. The molecule has 28 heavy (non-hydrogen) atoms. The van der Waals surface area contributed by atoms with Crippen molar-refractivity contribution in [3.63, 3.8) is 0 Å². The number of hydrogen-bond donors (Lipinski definition) is 2. The first-order valence-corrected chi connectivity index (χ1v) is 9.73. The monoisotopic (exact) mass is 379 g/mol. The quantitative estimate of drug-likeness (QED) is 0.560. The highest BCUT2D eigenvalue weighted by atomic mass is 19.1. The molecule has 0 aliphatic rings. The molecule has 2 atom stereocenters. The van der Waals surface area contributed by atoms with E-state index >= 15 is 0 Å². The van der Waals surface area contributed by atoms with Gasteiger partial charge in [-0.05, 0) is 60.2 Å². The van der Waals surface area contributed by atoms with Gasteiger partial charge < -0.3 is 5.32 Å². The minimum Gasteiger partial charge on any atom is -0.344 e. The Balaban J connectivity index is 1.71. The van der Waals surface area contributed by atoms with E-state index < -0.39 is 0 Å². The second-order valence-corrected chi connectivity index (χ2v) is 7.08. The number of nitrogens with zero attached hydrogens (tertiary/aromatic N) is 1. The topological polar surface area (TPSA) is 57.8 Å². The van der Waals surface area contributed by atoms with Crippen molar-refractivity contribution in [2.24, 2.45) is 0 Å². The average Bonchev–Trinajstić information content (AvgIpc) is 3.22. The molecule has 2 N–H and O–H groups in total. The highest BCUT2D eigenvalue weighted by Gasteiger charge is 2.17. The van der Waals surface area contributed by atoms with Gasteiger partial charge in [-0.2, -0.15) is 5.10 Å². The molecular formula is C23H26FN3O. The number of nitrogens with one attached hydrogen (secondary N) is 2. The number of benzene rings is 2. The van der Waals surface area contributed by atoms with E-state index in [-0.39, 0.29) is 17.8 Å². The second-order valence-electron chi connectivity index (χ2n) is 7.08. The Bertz CT molecular complexity index is 916. The number of rotatable bonds is 7. The average molecular weight is 379 g/mol. The Kier molecular flexibility index (Phi) is 6.24. The molecule has 146 valence electrons. The molecule has 2 aromatic carbocycles. The first-order valence-electron chi connectivity index (χ1n) is 9.73. The number of aromatic nitrogens is 2. The zero-order chi connectivity index (χ0) is 20.1. The summed E-state index contributed by atoms with van der Waals surface area (Å²) in [7, 11) is 0. The highest BCUT2D eigenvalue weighted by Crippen LogP contribution is 2.23. The summed E-state index contributed by atoms with van der Waals surface area (Å²) < 4.78 is 13.1. The summed E-state index contributed by atoms with van der Waals surface area (Å²) in [5, 5.41) is 10.0. The third-order valence-electron chi connectivity index (χ3n) is 5.20. The molecule has 1 amide bonds.